The van der Waals surface area contributed by atoms with Crippen molar-refractivity contribution in [3.8, 4) is 11.5 Å². The van der Waals surface area contributed by atoms with Crippen LogP contribution in [-0.2, 0) is 11.3 Å². The van der Waals surface area contributed by atoms with Crippen LogP contribution in [-0.4, -0.2) is 46.9 Å². The van der Waals surface area contributed by atoms with Crippen molar-refractivity contribution in [3.05, 3.63) is 84.2 Å². The Bertz CT molecular complexity index is 1330. The van der Waals surface area contributed by atoms with Crippen LogP contribution in [0, 0.1) is 6.92 Å². The number of aliphatic hydroxyl groups is 1. The molecule has 1 aliphatic rings. The summed E-state index contributed by atoms with van der Waals surface area (Å²) in [4.78, 5) is 19.6. The minimum Gasteiger partial charge on any atom is -0.497 e. The molecule has 1 N–H and O–H groups in total. The van der Waals surface area contributed by atoms with Crippen LogP contribution < -0.4 is 14.4 Å². The molecule has 0 unspecified atom stereocenters. The molecule has 2 atom stereocenters. The third kappa shape index (κ3) is 4.86. The summed E-state index contributed by atoms with van der Waals surface area (Å²) in [5.74, 6) is 2.27. The minimum atomic E-state index is -0.735. The summed E-state index contributed by atoms with van der Waals surface area (Å²) in [7, 11) is 1.62. The Morgan fingerprint density at radius 2 is 1.86 bits per heavy atom. The zero-order valence-electron chi connectivity index (χ0n) is 19.9. The second-order valence-corrected chi connectivity index (χ2v) is 8.95. The van der Waals surface area contributed by atoms with Gasteiger partial charge in [0.05, 0.1) is 24.7 Å². The zero-order valence-corrected chi connectivity index (χ0v) is 19.9. The number of fused-ring (bicyclic) bond motifs is 1. The fourth-order valence-corrected chi connectivity index (χ4v) is 4.65. The molecule has 1 amide bonds. The number of carbonyl (C=O) groups is 1. The number of aryl methyl sites for hydroxylation is 1. The van der Waals surface area contributed by atoms with E-state index in [4.69, 9.17) is 14.5 Å². The number of imidazole rings is 1. The number of methoxy groups -OCH3 is 1. The van der Waals surface area contributed by atoms with E-state index < -0.39 is 6.10 Å². The van der Waals surface area contributed by atoms with Gasteiger partial charge in [0.15, 0.2) is 0 Å². The van der Waals surface area contributed by atoms with Gasteiger partial charge in [0.1, 0.15) is 30.0 Å². The van der Waals surface area contributed by atoms with Crippen LogP contribution in [0.1, 0.15) is 23.7 Å². The highest BCUT2D eigenvalue weighted by Gasteiger charge is 2.35. The molecule has 0 radical (unpaired) electrons. The van der Waals surface area contributed by atoms with Crippen LogP contribution in [0.25, 0.3) is 11.0 Å². The summed E-state index contributed by atoms with van der Waals surface area (Å²) < 4.78 is 13.1. The molecule has 35 heavy (non-hydrogen) atoms. The van der Waals surface area contributed by atoms with Crippen molar-refractivity contribution in [1.29, 1.82) is 0 Å². The first-order chi connectivity index (χ1) is 17.0. The van der Waals surface area contributed by atoms with E-state index in [1.807, 2.05) is 84.3 Å². The molecule has 180 valence electrons. The van der Waals surface area contributed by atoms with Gasteiger partial charge < -0.3 is 24.0 Å². The smallest absolute Gasteiger partial charge is 0.227 e. The van der Waals surface area contributed by atoms with E-state index in [2.05, 4.69) is 0 Å². The highest BCUT2D eigenvalue weighted by molar-refractivity contribution is 5.96. The maximum Gasteiger partial charge on any atom is 0.227 e. The summed E-state index contributed by atoms with van der Waals surface area (Å²) in [5, 5.41) is 10.8. The maximum atomic E-state index is 12.9. The molecule has 1 aromatic heterocycles. The zero-order chi connectivity index (χ0) is 24.4. The van der Waals surface area contributed by atoms with Crippen molar-refractivity contribution >= 4 is 22.6 Å². The first kappa shape index (κ1) is 22.9. The average molecular weight is 472 g/mol. The van der Waals surface area contributed by atoms with Gasteiger partial charge in [0.25, 0.3) is 0 Å². The number of aromatic nitrogens is 2. The number of benzene rings is 3. The van der Waals surface area contributed by atoms with Crippen molar-refractivity contribution in [1.82, 2.24) is 9.55 Å². The number of rotatable bonds is 8. The summed E-state index contributed by atoms with van der Waals surface area (Å²) in [6, 6.07) is 23.1. The Kier molecular flexibility index (Phi) is 6.42. The Balaban J connectivity index is 1.37. The lowest BCUT2D eigenvalue weighted by Crippen LogP contribution is -2.26. The van der Waals surface area contributed by atoms with Crippen LogP contribution in [0.2, 0.25) is 0 Å². The van der Waals surface area contributed by atoms with Crippen LogP contribution in [0.15, 0.2) is 72.8 Å². The van der Waals surface area contributed by atoms with Gasteiger partial charge in [-0.3, -0.25) is 4.79 Å². The molecule has 0 saturated carbocycles. The first-order valence-electron chi connectivity index (χ1n) is 11.8. The highest BCUT2D eigenvalue weighted by atomic mass is 16.5. The number of aliphatic hydroxyl groups excluding tert-OH is 1. The lowest BCUT2D eigenvalue weighted by atomic mass is 10.1. The van der Waals surface area contributed by atoms with E-state index in [0.717, 1.165) is 39.6 Å². The molecule has 5 rings (SSSR count). The Labute approximate surface area is 204 Å². The molecule has 3 aromatic carbocycles. The molecule has 1 fully saturated rings. The molecule has 1 aliphatic heterocycles. The number of ether oxygens (including phenoxy) is 2. The van der Waals surface area contributed by atoms with Crippen LogP contribution >= 0.6 is 0 Å². The lowest BCUT2D eigenvalue weighted by Gasteiger charge is -2.19. The second kappa shape index (κ2) is 9.80. The molecule has 7 nitrogen and oxygen atoms in total. The third-order valence-corrected chi connectivity index (χ3v) is 6.38. The lowest BCUT2D eigenvalue weighted by molar-refractivity contribution is -0.117. The van der Waals surface area contributed by atoms with Gasteiger partial charge in [-0.2, -0.15) is 0 Å². The van der Waals surface area contributed by atoms with E-state index in [1.54, 1.807) is 12.0 Å². The van der Waals surface area contributed by atoms with Gasteiger partial charge in [-0.15, -0.1) is 0 Å². The topological polar surface area (TPSA) is 76.8 Å². The SMILES string of the molecule is COc1ccc(N2C[C@@H](c3nc4ccccc4n3C[C@@H](O)COc3cccc(C)c3)CC2=O)cc1. The van der Waals surface area contributed by atoms with Gasteiger partial charge >= 0.3 is 0 Å². The van der Waals surface area contributed by atoms with E-state index in [1.165, 1.54) is 0 Å². The molecule has 2 heterocycles. The van der Waals surface area contributed by atoms with Gasteiger partial charge in [-0.05, 0) is 61.0 Å². The molecule has 7 heteroatoms. The predicted molar refractivity (Wildman–Crippen MR) is 135 cm³/mol. The molecule has 0 spiro atoms. The van der Waals surface area contributed by atoms with Crippen LogP contribution in [0.4, 0.5) is 5.69 Å². The fraction of sp³-hybridized carbons (Fsp3) is 0.286. The van der Waals surface area contributed by atoms with Crippen LogP contribution in [0.5, 0.6) is 11.5 Å². The number of nitrogens with zero attached hydrogens (tertiary/aromatic N) is 3. The maximum absolute atomic E-state index is 12.9. The number of para-hydroxylation sites is 2. The van der Waals surface area contributed by atoms with Crippen molar-refractivity contribution in [2.24, 2.45) is 0 Å². The quantitative estimate of drug-likeness (QED) is 0.414. The highest BCUT2D eigenvalue weighted by Crippen LogP contribution is 2.34. The van der Waals surface area contributed by atoms with Crippen molar-refractivity contribution in [2.45, 2.75) is 31.9 Å². The number of carbonyl (C=O) groups excluding carboxylic acids is 1. The molecule has 0 aliphatic carbocycles. The van der Waals surface area contributed by atoms with Gasteiger partial charge in [-0.25, -0.2) is 4.98 Å². The molecular formula is C28H29N3O4. The monoisotopic (exact) mass is 471 g/mol. The normalized spacial score (nSPS) is 16.6. The Morgan fingerprint density at radius 1 is 1.06 bits per heavy atom. The standard InChI is InChI=1S/C28H29N3O4/c1-19-6-5-7-24(14-19)35-18-22(32)17-31-26-9-4-3-8-25(26)29-28(31)20-15-27(33)30(16-20)21-10-12-23(34-2)13-11-21/h3-14,20,22,32H,15-18H2,1-2H3/t20-,22+/m0/s1. The van der Waals surface area contributed by atoms with E-state index >= 15 is 0 Å². The third-order valence-electron chi connectivity index (χ3n) is 6.38. The van der Waals surface area contributed by atoms with Crippen molar-refractivity contribution in [2.75, 3.05) is 25.2 Å². The second-order valence-electron chi connectivity index (χ2n) is 8.95. The number of amides is 1. The number of anilines is 1. The molecule has 4 aromatic rings. The van der Waals surface area contributed by atoms with E-state index in [9.17, 15) is 9.90 Å². The summed E-state index contributed by atoms with van der Waals surface area (Å²) in [6.45, 7) is 3.03. The van der Waals surface area contributed by atoms with Crippen LogP contribution in [0.3, 0.4) is 0 Å². The first-order valence-corrected chi connectivity index (χ1v) is 11.8. The average Bonchev–Trinajstić information content (AvgIpc) is 3.43. The number of hydrogen-bond acceptors (Lipinski definition) is 5. The fourth-order valence-electron chi connectivity index (χ4n) is 4.65. The molecule has 1 saturated heterocycles. The predicted octanol–water partition coefficient (Wildman–Crippen LogP) is 4.31. The van der Waals surface area contributed by atoms with Gasteiger partial charge in [-0.1, -0.05) is 24.3 Å². The summed E-state index contributed by atoms with van der Waals surface area (Å²) in [6.07, 6.45) is -0.368. The van der Waals surface area contributed by atoms with E-state index in [-0.39, 0.29) is 18.4 Å². The largest absolute Gasteiger partial charge is 0.497 e. The summed E-state index contributed by atoms with van der Waals surface area (Å²) >= 11 is 0. The van der Waals surface area contributed by atoms with Crippen molar-refractivity contribution in [3.63, 3.8) is 0 Å². The molecule has 0 bridgehead atoms. The van der Waals surface area contributed by atoms with Crippen molar-refractivity contribution < 1.29 is 19.4 Å². The Hall–Kier alpha value is -3.84. The van der Waals surface area contributed by atoms with E-state index in [0.29, 0.717) is 19.5 Å². The minimum absolute atomic E-state index is 0.0575. The van der Waals surface area contributed by atoms with Gasteiger partial charge in [0, 0.05) is 24.6 Å². The Morgan fingerprint density at radius 3 is 2.63 bits per heavy atom. The molecular weight excluding hydrogens is 442 g/mol. The summed E-state index contributed by atoms with van der Waals surface area (Å²) in [5.41, 5.74) is 3.73. The van der Waals surface area contributed by atoms with Gasteiger partial charge in [0.2, 0.25) is 5.91 Å². The number of hydrogen-bond donors (Lipinski definition) is 1.